The van der Waals surface area contributed by atoms with Crippen LogP contribution < -0.4 is 5.19 Å². The van der Waals surface area contributed by atoms with Gasteiger partial charge in [0.25, 0.3) is 0 Å². The van der Waals surface area contributed by atoms with Gasteiger partial charge in [0.05, 0.1) is 5.60 Å². The van der Waals surface area contributed by atoms with Crippen molar-refractivity contribution in [1.82, 2.24) is 0 Å². The van der Waals surface area contributed by atoms with Crippen molar-refractivity contribution in [3.05, 3.63) is 54.3 Å². The summed E-state index contributed by atoms with van der Waals surface area (Å²) in [5.41, 5.74) is 0.562. The maximum absolute atomic E-state index is 10.8. The van der Waals surface area contributed by atoms with Crippen LogP contribution in [0.25, 0.3) is 0 Å². The van der Waals surface area contributed by atoms with Crippen molar-refractivity contribution in [3.63, 3.8) is 0 Å². The summed E-state index contributed by atoms with van der Waals surface area (Å²) in [5, 5.41) is 13.4. The van der Waals surface area contributed by atoms with E-state index in [9.17, 15) is 5.11 Å². The standard InChI is InChI=1S/C18H26OSi/c1-14-11-18(19,12-15(14)2)13-16(3)20(4,5)17-9-7-6-8-10-17/h6-10,15,19H,1,3,11-13H2,2,4-5H3/t15-,18-/m0/s1. The van der Waals surface area contributed by atoms with Gasteiger partial charge in [-0.25, -0.2) is 0 Å². The van der Waals surface area contributed by atoms with Crippen LogP contribution in [0.5, 0.6) is 0 Å². The van der Waals surface area contributed by atoms with Gasteiger partial charge in [0.2, 0.25) is 0 Å². The van der Waals surface area contributed by atoms with E-state index in [1.165, 1.54) is 16.0 Å². The van der Waals surface area contributed by atoms with E-state index in [4.69, 9.17) is 0 Å². The van der Waals surface area contributed by atoms with E-state index in [2.05, 4.69) is 57.4 Å². The number of hydrogen-bond donors (Lipinski definition) is 1. The zero-order valence-electron chi connectivity index (χ0n) is 12.9. The van der Waals surface area contributed by atoms with Gasteiger partial charge in [-0.3, -0.25) is 0 Å². The van der Waals surface area contributed by atoms with Gasteiger partial charge in [-0.2, -0.15) is 0 Å². The second kappa shape index (κ2) is 5.34. The molecule has 1 aliphatic carbocycles. The van der Waals surface area contributed by atoms with Crippen molar-refractivity contribution in [3.8, 4) is 0 Å². The first kappa shape index (κ1) is 15.3. The van der Waals surface area contributed by atoms with E-state index in [1.807, 2.05) is 6.07 Å². The van der Waals surface area contributed by atoms with E-state index in [0.717, 1.165) is 12.8 Å². The quantitative estimate of drug-likeness (QED) is 0.659. The van der Waals surface area contributed by atoms with Gasteiger partial charge >= 0.3 is 0 Å². The molecule has 1 N–H and O–H groups in total. The minimum Gasteiger partial charge on any atom is -0.389 e. The van der Waals surface area contributed by atoms with Gasteiger partial charge in [0.1, 0.15) is 8.07 Å². The molecule has 1 fully saturated rings. The van der Waals surface area contributed by atoms with Crippen LogP contribution in [0.1, 0.15) is 26.2 Å². The van der Waals surface area contributed by atoms with Crippen LogP contribution in [0.15, 0.2) is 54.3 Å². The highest BCUT2D eigenvalue weighted by atomic mass is 28.3. The number of hydrogen-bond acceptors (Lipinski definition) is 1. The van der Waals surface area contributed by atoms with E-state index in [0.29, 0.717) is 12.3 Å². The summed E-state index contributed by atoms with van der Waals surface area (Å²) in [5.74, 6) is 0.425. The molecule has 0 unspecified atom stereocenters. The average molecular weight is 286 g/mol. The summed E-state index contributed by atoms with van der Waals surface area (Å²) in [6.07, 6.45) is 2.26. The van der Waals surface area contributed by atoms with Gasteiger partial charge in [-0.1, -0.05) is 72.9 Å². The molecule has 1 aliphatic rings. The molecule has 0 bridgehead atoms. The lowest BCUT2D eigenvalue weighted by molar-refractivity contribution is 0.0479. The van der Waals surface area contributed by atoms with Crippen molar-refractivity contribution < 1.29 is 5.11 Å². The van der Waals surface area contributed by atoms with Gasteiger partial charge < -0.3 is 5.11 Å². The van der Waals surface area contributed by atoms with Gasteiger partial charge in [0, 0.05) is 0 Å². The molecule has 0 spiro atoms. The Morgan fingerprint density at radius 1 is 1.35 bits per heavy atom. The Hall–Kier alpha value is -1.12. The lowest BCUT2D eigenvalue weighted by Gasteiger charge is -2.31. The van der Waals surface area contributed by atoms with Crippen LogP contribution in [-0.4, -0.2) is 18.8 Å². The predicted octanol–water partition coefficient (Wildman–Crippen LogP) is 3.80. The highest BCUT2D eigenvalue weighted by Crippen LogP contribution is 2.42. The molecule has 1 aromatic rings. The van der Waals surface area contributed by atoms with Crippen LogP contribution in [0.4, 0.5) is 0 Å². The second-order valence-corrected chi connectivity index (χ2v) is 11.5. The molecule has 1 nitrogen and oxygen atoms in total. The molecule has 2 rings (SSSR count). The van der Waals surface area contributed by atoms with Crippen molar-refractivity contribution in [1.29, 1.82) is 0 Å². The lowest BCUT2D eigenvalue weighted by Crippen LogP contribution is -2.45. The smallest absolute Gasteiger partial charge is 0.106 e. The van der Waals surface area contributed by atoms with E-state index >= 15 is 0 Å². The molecule has 2 heteroatoms. The minimum absolute atomic E-state index is 0.425. The number of rotatable bonds is 4. The van der Waals surface area contributed by atoms with Gasteiger partial charge in [-0.05, 0) is 25.2 Å². The lowest BCUT2D eigenvalue weighted by atomic mass is 9.97. The SMILES string of the molecule is C=C1C[C@@](O)(CC(=C)[Si](C)(C)c2ccccc2)C[C@@H]1C. The Morgan fingerprint density at radius 3 is 2.45 bits per heavy atom. The Kier molecular flexibility index (Phi) is 4.08. The van der Waals surface area contributed by atoms with Crippen molar-refractivity contribution in [2.75, 3.05) is 0 Å². The Balaban J connectivity index is 2.14. The Labute approximate surface area is 124 Å². The zero-order chi connectivity index (χ0) is 15.0. The third-order valence-electron chi connectivity index (χ3n) is 4.86. The Bertz CT molecular complexity index is 517. The topological polar surface area (TPSA) is 20.2 Å². The summed E-state index contributed by atoms with van der Waals surface area (Å²) in [4.78, 5) is 0. The van der Waals surface area contributed by atoms with Crippen LogP contribution in [0.2, 0.25) is 13.1 Å². The monoisotopic (exact) mass is 286 g/mol. The molecule has 108 valence electrons. The molecular formula is C18H26OSi. The molecule has 0 heterocycles. The van der Waals surface area contributed by atoms with Crippen LogP contribution in [0.3, 0.4) is 0 Å². The van der Waals surface area contributed by atoms with Gasteiger partial charge in [0.15, 0.2) is 0 Å². The van der Waals surface area contributed by atoms with Crippen LogP contribution in [-0.2, 0) is 0 Å². The summed E-state index contributed by atoms with van der Waals surface area (Å²) < 4.78 is 0. The fourth-order valence-corrected chi connectivity index (χ4v) is 5.40. The molecule has 0 saturated heterocycles. The van der Waals surface area contributed by atoms with Gasteiger partial charge in [-0.15, -0.1) is 6.58 Å². The molecule has 0 radical (unpaired) electrons. The second-order valence-electron chi connectivity index (χ2n) is 6.94. The van der Waals surface area contributed by atoms with E-state index in [1.54, 1.807) is 0 Å². The average Bonchev–Trinajstić information content (AvgIpc) is 2.63. The molecular weight excluding hydrogens is 260 g/mol. The molecule has 1 saturated carbocycles. The maximum Gasteiger partial charge on any atom is 0.106 e. The highest BCUT2D eigenvalue weighted by Gasteiger charge is 2.40. The summed E-state index contributed by atoms with van der Waals surface area (Å²) in [6, 6.07) is 10.6. The van der Waals surface area contributed by atoms with E-state index in [-0.39, 0.29) is 0 Å². The third kappa shape index (κ3) is 2.97. The number of benzene rings is 1. The first-order chi connectivity index (χ1) is 9.24. The molecule has 0 amide bonds. The number of aliphatic hydroxyl groups is 1. The van der Waals surface area contributed by atoms with Crippen molar-refractivity contribution >= 4 is 13.3 Å². The first-order valence-electron chi connectivity index (χ1n) is 7.38. The molecule has 20 heavy (non-hydrogen) atoms. The summed E-state index contributed by atoms with van der Waals surface area (Å²) in [7, 11) is -1.73. The highest BCUT2D eigenvalue weighted by molar-refractivity contribution is 6.95. The Morgan fingerprint density at radius 2 is 1.95 bits per heavy atom. The zero-order valence-corrected chi connectivity index (χ0v) is 13.9. The summed E-state index contributed by atoms with van der Waals surface area (Å²) >= 11 is 0. The van der Waals surface area contributed by atoms with E-state index < -0.39 is 13.7 Å². The molecule has 2 atom stereocenters. The van der Waals surface area contributed by atoms with Crippen molar-refractivity contribution in [2.24, 2.45) is 5.92 Å². The van der Waals surface area contributed by atoms with Crippen molar-refractivity contribution in [2.45, 2.75) is 44.9 Å². The first-order valence-corrected chi connectivity index (χ1v) is 10.4. The largest absolute Gasteiger partial charge is 0.389 e. The fourth-order valence-electron chi connectivity index (χ4n) is 3.20. The normalized spacial score (nSPS) is 26.8. The van der Waals surface area contributed by atoms with Crippen LogP contribution >= 0.6 is 0 Å². The predicted molar refractivity (Wildman–Crippen MR) is 89.8 cm³/mol. The minimum atomic E-state index is -1.73. The molecule has 1 aromatic carbocycles. The summed E-state index contributed by atoms with van der Waals surface area (Å²) in [6.45, 7) is 15.2. The van der Waals surface area contributed by atoms with Crippen LogP contribution in [0, 0.1) is 5.92 Å². The fraction of sp³-hybridized carbons (Fsp3) is 0.444. The third-order valence-corrected chi connectivity index (χ3v) is 8.58. The maximum atomic E-state index is 10.8. The molecule has 0 aromatic heterocycles. The molecule has 0 aliphatic heterocycles.